The van der Waals surface area contributed by atoms with Gasteiger partial charge in [0.05, 0.1) is 0 Å². The molecule has 4 rings (SSSR count). The molecule has 0 saturated heterocycles. The van der Waals surface area contributed by atoms with E-state index < -0.39 is 5.41 Å². The van der Waals surface area contributed by atoms with Crippen LogP contribution in [0.5, 0.6) is 0 Å². The van der Waals surface area contributed by atoms with Gasteiger partial charge in [0.1, 0.15) is 5.78 Å². The van der Waals surface area contributed by atoms with E-state index in [9.17, 15) is 14.4 Å². The highest BCUT2D eigenvalue weighted by atomic mass is 16.1. The molecule has 0 fully saturated rings. The van der Waals surface area contributed by atoms with Crippen molar-refractivity contribution in [3.8, 4) is 0 Å². The molecule has 3 heteroatoms. The Morgan fingerprint density at radius 1 is 0.622 bits per heavy atom. The fraction of sp³-hybridized carbons (Fsp3) is 0.262. The zero-order valence-electron chi connectivity index (χ0n) is 28.2. The number of ketones is 3. The second-order valence-electron chi connectivity index (χ2n) is 11.7. The molecule has 4 aromatic carbocycles. The fourth-order valence-electron chi connectivity index (χ4n) is 4.08. The summed E-state index contributed by atoms with van der Waals surface area (Å²) in [5, 5.41) is 0. The molecule has 3 nitrogen and oxygen atoms in total. The zero-order valence-corrected chi connectivity index (χ0v) is 27.2. The van der Waals surface area contributed by atoms with Gasteiger partial charge in [-0.2, -0.15) is 0 Å². The van der Waals surface area contributed by atoms with Gasteiger partial charge in [0, 0.05) is 28.9 Å². The van der Waals surface area contributed by atoms with Crippen LogP contribution in [0.25, 0.3) is 6.08 Å². The van der Waals surface area contributed by atoms with Crippen molar-refractivity contribution in [2.24, 2.45) is 5.41 Å². The largest absolute Gasteiger partial charge is 1.00 e. The number of benzene rings is 4. The lowest BCUT2D eigenvalue weighted by molar-refractivity contribution is -0.126. The van der Waals surface area contributed by atoms with Crippen molar-refractivity contribution in [3.63, 3.8) is 0 Å². The highest BCUT2D eigenvalue weighted by molar-refractivity contribution is 6.06. The summed E-state index contributed by atoms with van der Waals surface area (Å²) in [5.41, 5.74) is 5.76. The number of carbonyl (C=O) groups is 3. The third kappa shape index (κ3) is 13.3. The summed E-state index contributed by atoms with van der Waals surface area (Å²) < 4.78 is 0. The van der Waals surface area contributed by atoms with Crippen LogP contribution in [-0.2, 0) is 4.79 Å². The van der Waals surface area contributed by atoms with Crippen molar-refractivity contribution in [3.05, 3.63) is 161 Å². The van der Waals surface area contributed by atoms with E-state index in [0.29, 0.717) is 12.0 Å². The lowest BCUT2D eigenvalue weighted by atomic mass is 9.70. The Morgan fingerprint density at radius 2 is 1.02 bits per heavy atom. The van der Waals surface area contributed by atoms with Crippen molar-refractivity contribution >= 4 is 23.4 Å². The molecule has 0 aliphatic carbocycles. The number of hydrogen-bond acceptors (Lipinski definition) is 3. The van der Waals surface area contributed by atoms with Crippen LogP contribution in [0.2, 0.25) is 0 Å². The SMILES string of the molecule is C.CC(=O)C(C)(C)C(CC(=O)c1ccccc1)c1ccccc1.CC(C)=C(C)C.O=C(/C=C/c1ccccc1)c1ccccc1.[H+]. The second-order valence-corrected chi connectivity index (χ2v) is 11.7. The Hall–Kier alpha value is -4.63. The van der Waals surface area contributed by atoms with E-state index in [4.69, 9.17) is 0 Å². The van der Waals surface area contributed by atoms with E-state index in [2.05, 4.69) is 27.7 Å². The van der Waals surface area contributed by atoms with Crippen LogP contribution in [0.15, 0.2) is 139 Å². The Bertz CT molecular complexity index is 1500. The molecule has 45 heavy (non-hydrogen) atoms. The van der Waals surface area contributed by atoms with Crippen molar-refractivity contribution in [1.29, 1.82) is 0 Å². The van der Waals surface area contributed by atoms with E-state index >= 15 is 0 Å². The lowest BCUT2D eigenvalue weighted by Gasteiger charge is -2.32. The molecule has 0 spiro atoms. The maximum Gasteiger partial charge on any atom is 1.00 e. The molecular weight excluding hydrogens is 552 g/mol. The van der Waals surface area contributed by atoms with Crippen molar-refractivity contribution in [2.75, 3.05) is 0 Å². The van der Waals surface area contributed by atoms with Crippen molar-refractivity contribution in [2.45, 2.75) is 68.2 Å². The minimum absolute atomic E-state index is 0. The smallest absolute Gasteiger partial charge is 0.299 e. The number of allylic oxidation sites excluding steroid dienone is 3. The van der Waals surface area contributed by atoms with Gasteiger partial charge < -0.3 is 0 Å². The standard InChI is InChI=1S/C20H22O2.C15H12O.C6H12.CH4/c1-15(21)20(2,3)18(16-10-6-4-7-11-16)14-19(22)17-12-8-5-9-13-17;16-15(14-9-5-2-6-10-14)12-11-13-7-3-1-4-8-13;1-5(2)6(3)4;/h4-13,18H,14H2,1-3H3;1-12H;1-4H3;1H4/p+1/b;12-11+;;. The lowest BCUT2D eigenvalue weighted by Crippen LogP contribution is -2.31. The summed E-state index contributed by atoms with van der Waals surface area (Å²) in [6, 6.07) is 38.2. The van der Waals surface area contributed by atoms with Gasteiger partial charge in [0.25, 0.3) is 0 Å². The third-order valence-electron chi connectivity index (χ3n) is 7.75. The fourth-order valence-corrected chi connectivity index (χ4v) is 4.08. The second kappa shape index (κ2) is 19.6. The van der Waals surface area contributed by atoms with Crippen LogP contribution in [0.4, 0.5) is 0 Å². The van der Waals surface area contributed by atoms with Crippen LogP contribution >= 0.6 is 0 Å². The first-order valence-corrected chi connectivity index (χ1v) is 15.0. The van der Waals surface area contributed by atoms with Crippen LogP contribution < -0.4 is 0 Å². The monoisotopic (exact) mass is 603 g/mol. The summed E-state index contributed by atoms with van der Waals surface area (Å²) in [7, 11) is 0. The van der Waals surface area contributed by atoms with Gasteiger partial charge in [0.15, 0.2) is 11.6 Å². The van der Waals surface area contributed by atoms with Gasteiger partial charge in [-0.15, -0.1) is 0 Å². The molecule has 0 heterocycles. The van der Waals surface area contributed by atoms with Crippen LogP contribution in [0, 0.1) is 5.41 Å². The number of rotatable bonds is 9. The Morgan fingerprint density at radius 3 is 1.44 bits per heavy atom. The summed E-state index contributed by atoms with van der Waals surface area (Å²) in [6.45, 7) is 13.9. The molecule has 0 aliphatic rings. The van der Waals surface area contributed by atoms with Gasteiger partial charge in [0.2, 0.25) is 0 Å². The molecule has 1 unspecified atom stereocenters. The molecule has 4 aromatic rings. The summed E-state index contributed by atoms with van der Waals surface area (Å²) >= 11 is 0. The molecule has 0 aromatic heterocycles. The normalized spacial score (nSPS) is 11.0. The number of Topliss-reactive ketones (excluding diaryl/α,β-unsaturated/α-hetero) is 2. The Kier molecular flexibility index (Phi) is 16.7. The molecule has 236 valence electrons. The first-order chi connectivity index (χ1) is 20.9. The number of hydrogen-bond donors (Lipinski definition) is 0. The van der Waals surface area contributed by atoms with Gasteiger partial charge in [-0.25, -0.2) is 0 Å². The highest BCUT2D eigenvalue weighted by Crippen LogP contribution is 2.39. The minimum atomic E-state index is -0.578. The maximum absolute atomic E-state index is 12.6. The highest BCUT2D eigenvalue weighted by Gasteiger charge is 2.36. The van der Waals surface area contributed by atoms with Crippen LogP contribution in [-0.4, -0.2) is 17.3 Å². The zero-order chi connectivity index (χ0) is 32.5. The van der Waals surface area contributed by atoms with E-state index in [-0.39, 0.29) is 32.1 Å². The predicted molar refractivity (Wildman–Crippen MR) is 193 cm³/mol. The van der Waals surface area contributed by atoms with E-state index in [1.807, 2.05) is 141 Å². The van der Waals surface area contributed by atoms with Gasteiger partial charge in [-0.1, -0.05) is 160 Å². The molecule has 1 atom stereocenters. The average molecular weight is 604 g/mol. The van der Waals surface area contributed by atoms with Crippen LogP contribution in [0.1, 0.15) is 102 Å². The predicted octanol–water partition coefficient (Wildman–Crippen LogP) is 11.4. The molecule has 0 N–H and O–H groups in total. The summed E-state index contributed by atoms with van der Waals surface area (Å²) in [4.78, 5) is 36.4. The first kappa shape index (κ1) is 38.4. The topological polar surface area (TPSA) is 51.2 Å². The summed E-state index contributed by atoms with van der Waals surface area (Å²) in [6.07, 6.45) is 3.76. The number of carbonyl (C=O) groups excluding carboxylic acids is 3. The average Bonchev–Trinajstić information content (AvgIpc) is 3.04. The van der Waals surface area contributed by atoms with Gasteiger partial charge in [-0.05, 0) is 51.8 Å². The van der Waals surface area contributed by atoms with E-state index in [1.165, 1.54) is 11.1 Å². The van der Waals surface area contributed by atoms with Crippen molar-refractivity contribution in [1.82, 2.24) is 0 Å². The quantitative estimate of drug-likeness (QED) is 0.109. The van der Waals surface area contributed by atoms with Crippen molar-refractivity contribution < 1.29 is 15.8 Å². The van der Waals surface area contributed by atoms with Gasteiger partial charge in [-0.3, -0.25) is 14.4 Å². The molecule has 0 aliphatic heterocycles. The van der Waals surface area contributed by atoms with E-state index in [0.717, 1.165) is 16.7 Å². The Labute approximate surface area is 273 Å². The molecule has 0 saturated carbocycles. The maximum atomic E-state index is 12.6. The molecular formula is C42H51O3+. The van der Waals surface area contributed by atoms with Gasteiger partial charge >= 0.3 is 1.43 Å². The third-order valence-corrected chi connectivity index (χ3v) is 7.75. The van der Waals surface area contributed by atoms with Crippen LogP contribution in [0.3, 0.4) is 0 Å². The molecule has 0 amide bonds. The Balaban J connectivity index is 0.000000742. The van der Waals surface area contributed by atoms with E-state index in [1.54, 1.807) is 13.0 Å². The minimum Gasteiger partial charge on any atom is -0.299 e. The molecule has 0 bridgehead atoms. The first-order valence-electron chi connectivity index (χ1n) is 15.0. The molecule has 0 radical (unpaired) electrons. The summed E-state index contributed by atoms with van der Waals surface area (Å²) in [5.74, 6) is 0.0781.